The number of nitrogen functional groups attached to an aromatic ring is 1. The van der Waals surface area contributed by atoms with Gasteiger partial charge in [-0.05, 0) is 12.8 Å². The summed E-state index contributed by atoms with van der Waals surface area (Å²) in [6.07, 6.45) is 2.96. The Hall–Kier alpha value is -0.920. The van der Waals surface area contributed by atoms with Gasteiger partial charge in [-0.2, -0.15) is 0 Å². The Kier molecular flexibility index (Phi) is 3.92. The van der Waals surface area contributed by atoms with Crippen LogP contribution in [0.5, 0.6) is 0 Å². The second-order valence-electron chi connectivity index (χ2n) is 3.42. The molecule has 1 aliphatic heterocycles. The monoisotopic (exact) mass is 244 g/mol. The van der Waals surface area contributed by atoms with Crippen LogP contribution in [0.25, 0.3) is 0 Å². The molecule has 0 unspecified atom stereocenters. The van der Waals surface area contributed by atoms with Crippen LogP contribution < -0.4 is 11.3 Å². The number of nitrogens with zero attached hydrogens (tertiary/aromatic N) is 2. The SMILES string of the molecule is NNc1ncc(F)c(SC2CCOCC2)n1. The van der Waals surface area contributed by atoms with E-state index in [1.165, 1.54) is 11.8 Å². The standard InChI is InChI=1S/C9H13FN4OS/c10-7-5-12-9(14-11)13-8(7)16-6-1-3-15-4-2-6/h5-6H,1-4,11H2,(H,12,13,14). The lowest BCUT2D eigenvalue weighted by Gasteiger charge is -2.21. The van der Waals surface area contributed by atoms with Crippen LogP contribution in [0.3, 0.4) is 0 Å². The lowest BCUT2D eigenvalue weighted by atomic mass is 10.2. The molecule has 2 heterocycles. The van der Waals surface area contributed by atoms with Crippen LogP contribution in [0.4, 0.5) is 10.3 Å². The van der Waals surface area contributed by atoms with Crippen molar-refractivity contribution in [1.82, 2.24) is 9.97 Å². The van der Waals surface area contributed by atoms with Gasteiger partial charge in [-0.25, -0.2) is 20.2 Å². The third kappa shape index (κ3) is 2.81. The number of anilines is 1. The highest BCUT2D eigenvalue weighted by atomic mass is 32.2. The third-order valence-corrected chi connectivity index (χ3v) is 3.60. The summed E-state index contributed by atoms with van der Waals surface area (Å²) in [5.74, 6) is 5.00. The van der Waals surface area contributed by atoms with Crippen molar-refractivity contribution < 1.29 is 9.13 Å². The molecule has 0 saturated carbocycles. The third-order valence-electron chi connectivity index (χ3n) is 2.29. The zero-order valence-corrected chi connectivity index (χ0v) is 9.47. The summed E-state index contributed by atoms with van der Waals surface area (Å²) in [5, 5.41) is 0.693. The van der Waals surface area contributed by atoms with Crippen molar-refractivity contribution in [2.24, 2.45) is 5.84 Å². The number of hydrogen-bond acceptors (Lipinski definition) is 6. The van der Waals surface area contributed by atoms with E-state index in [9.17, 15) is 4.39 Å². The first-order valence-electron chi connectivity index (χ1n) is 5.03. The summed E-state index contributed by atoms with van der Waals surface area (Å²) in [6, 6.07) is 0. The Labute approximate surface area is 97.0 Å². The second kappa shape index (κ2) is 5.42. The van der Waals surface area contributed by atoms with E-state index in [0.29, 0.717) is 10.3 Å². The highest BCUT2D eigenvalue weighted by molar-refractivity contribution is 7.99. The molecule has 5 nitrogen and oxygen atoms in total. The van der Waals surface area contributed by atoms with E-state index >= 15 is 0 Å². The van der Waals surface area contributed by atoms with E-state index in [-0.39, 0.29) is 5.95 Å². The number of hydrazine groups is 1. The number of thioether (sulfide) groups is 1. The molecule has 0 aliphatic carbocycles. The van der Waals surface area contributed by atoms with Gasteiger partial charge < -0.3 is 4.74 Å². The number of aromatic nitrogens is 2. The summed E-state index contributed by atoms with van der Waals surface area (Å²) < 4.78 is 18.7. The Bertz CT molecular complexity index is 359. The molecule has 0 spiro atoms. The summed E-state index contributed by atoms with van der Waals surface area (Å²) in [7, 11) is 0. The van der Waals surface area contributed by atoms with E-state index in [2.05, 4.69) is 15.4 Å². The minimum atomic E-state index is -0.407. The van der Waals surface area contributed by atoms with Gasteiger partial charge in [-0.3, -0.25) is 5.43 Å². The van der Waals surface area contributed by atoms with Gasteiger partial charge in [0.1, 0.15) is 5.03 Å². The molecule has 16 heavy (non-hydrogen) atoms. The molecule has 7 heteroatoms. The largest absolute Gasteiger partial charge is 0.381 e. The van der Waals surface area contributed by atoms with Crippen LogP contribution in [-0.2, 0) is 4.74 Å². The van der Waals surface area contributed by atoms with Crippen molar-refractivity contribution in [2.45, 2.75) is 23.1 Å². The first-order chi connectivity index (χ1) is 7.79. The van der Waals surface area contributed by atoms with Crippen LogP contribution in [0.1, 0.15) is 12.8 Å². The van der Waals surface area contributed by atoms with E-state index in [0.717, 1.165) is 32.3 Å². The van der Waals surface area contributed by atoms with Gasteiger partial charge in [-0.1, -0.05) is 11.8 Å². The van der Waals surface area contributed by atoms with E-state index < -0.39 is 5.82 Å². The molecule has 0 bridgehead atoms. The summed E-state index contributed by atoms with van der Waals surface area (Å²) in [5.41, 5.74) is 2.30. The van der Waals surface area contributed by atoms with Crippen LogP contribution in [0.15, 0.2) is 11.2 Å². The fourth-order valence-corrected chi connectivity index (χ4v) is 2.50. The molecule has 1 saturated heterocycles. The minimum Gasteiger partial charge on any atom is -0.381 e. The maximum absolute atomic E-state index is 13.4. The van der Waals surface area contributed by atoms with Crippen LogP contribution in [0.2, 0.25) is 0 Å². The van der Waals surface area contributed by atoms with Crippen molar-refractivity contribution in [3.05, 3.63) is 12.0 Å². The average Bonchev–Trinajstić information content (AvgIpc) is 2.33. The topological polar surface area (TPSA) is 73.1 Å². The van der Waals surface area contributed by atoms with Crippen molar-refractivity contribution >= 4 is 17.7 Å². The van der Waals surface area contributed by atoms with Crippen molar-refractivity contribution in [1.29, 1.82) is 0 Å². The molecular formula is C9H13FN4OS. The molecule has 88 valence electrons. The first-order valence-corrected chi connectivity index (χ1v) is 5.91. The number of nitrogens with one attached hydrogen (secondary N) is 1. The Balaban J connectivity index is 2.06. The van der Waals surface area contributed by atoms with Crippen LogP contribution in [0, 0.1) is 5.82 Å². The number of halogens is 1. The van der Waals surface area contributed by atoms with Crippen molar-refractivity contribution in [3.63, 3.8) is 0 Å². The van der Waals surface area contributed by atoms with Gasteiger partial charge in [-0.15, -0.1) is 0 Å². The molecule has 0 atom stereocenters. The minimum absolute atomic E-state index is 0.232. The van der Waals surface area contributed by atoms with Gasteiger partial charge in [0, 0.05) is 18.5 Å². The average molecular weight is 244 g/mol. The number of nitrogens with two attached hydrogens (primary N) is 1. The molecule has 1 aromatic rings. The Morgan fingerprint density at radius 2 is 2.25 bits per heavy atom. The lowest BCUT2D eigenvalue weighted by Crippen LogP contribution is -2.18. The van der Waals surface area contributed by atoms with Gasteiger partial charge in [0.2, 0.25) is 5.95 Å². The molecule has 1 aliphatic rings. The Morgan fingerprint density at radius 1 is 1.50 bits per heavy atom. The molecular weight excluding hydrogens is 231 g/mol. The zero-order chi connectivity index (χ0) is 11.4. The fraction of sp³-hybridized carbons (Fsp3) is 0.556. The molecule has 1 aromatic heterocycles. The van der Waals surface area contributed by atoms with E-state index in [1.807, 2.05) is 0 Å². The number of ether oxygens (including phenoxy) is 1. The molecule has 0 aromatic carbocycles. The van der Waals surface area contributed by atoms with Crippen molar-refractivity contribution in [2.75, 3.05) is 18.6 Å². The van der Waals surface area contributed by atoms with Crippen LogP contribution in [-0.4, -0.2) is 28.4 Å². The number of hydrogen-bond donors (Lipinski definition) is 2. The van der Waals surface area contributed by atoms with Gasteiger partial charge in [0.25, 0.3) is 0 Å². The van der Waals surface area contributed by atoms with Gasteiger partial charge >= 0.3 is 0 Å². The first kappa shape index (κ1) is 11.6. The summed E-state index contributed by atoms with van der Waals surface area (Å²) in [6.45, 7) is 1.46. The predicted octanol–water partition coefficient (Wildman–Crippen LogP) is 1.17. The molecule has 2 rings (SSSR count). The van der Waals surface area contributed by atoms with Gasteiger partial charge in [0.15, 0.2) is 5.82 Å². The maximum atomic E-state index is 13.4. The second-order valence-corrected chi connectivity index (χ2v) is 4.71. The molecule has 3 N–H and O–H groups in total. The van der Waals surface area contributed by atoms with Crippen molar-refractivity contribution in [3.8, 4) is 0 Å². The predicted molar refractivity (Wildman–Crippen MR) is 59.5 cm³/mol. The maximum Gasteiger partial charge on any atom is 0.238 e. The highest BCUT2D eigenvalue weighted by Crippen LogP contribution is 2.30. The molecule has 1 fully saturated rings. The van der Waals surface area contributed by atoms with E-state index in [4.69, 9.17) is 10.6 Å². The van der Waals surface area contributed by atoms with Gasteiger partial charge in [0.05, 0.1) is 6.20 Å². The van der Waals surface area contributed by atoms with E-state index in [1.54, 1.807) is 0 Å². The molecule has 0 amide bonds. The lowest BCUT2D eigenvalue weighted by molar-refractivity contribution is 0.1000. The summed E-state index contributed by atoms with van der Waals surface area (Å²) in [4.78, 5) is 7.68. The highest BCUT2D eigenvalue weighted by Gasteiger charge is 2.18. The molecule has 0 radical (unpaired) electrons. The normalized spacial score (nSPS) is 17.4. The fourth-order valence-electron chi connectivity index (χ4n) is 1.46. The Morgan fingerprint density at radius 3 is 2.94 bits per heavy atom. The summed E-state index contributed by atoms with van der Waals surface area (Å²) >= 11 is 1.42. The number of rotatable bonds is 3. The van der Waals surface area contributed by atoms with Crippen LogP contribution >= 0.6 is 11.8 Å². The smallest absolute Gasteiger partial charge is 0.238 e. The quantitative estimate of drug-likeness (QED) is 0.472. The zero-order valence-electron chi connectivity index (χ0n) is 8.65.